The van der Waals surface area contributed by atoms with Crippen molar-refractivity contribution in [3.8, 4) is 11.5 Å². The van der Waals surface area contributed by atoms with E-state index in [1.807, 2.05) is 13.1 Å². The molecule has 0 bridgehead atoms. The minimum absolute atomic E-state index is 0.853. The monoisotopic (exact) mass is 223 g/mol. The average Bonchev–Trinajstić information content (AvgIpc) is 2.30. The molecule has 16 heavy (non-hydrogen) atoms. The number of benzene rings is 1. The van der Waals surface area contributed by atoms with E-state index >= 15 is 0 Å². The van der Waals surface area contributed by atoms with Crippen LogP contribution in [0, 0.1) is 6.92 Å². The summed E-state index contributed by atoms with van der Waals surface area (Å²) in [4.78, 5) is 0. The summed E-state index contributed by atoms with van der Waals surface area (Å²) in [6.07, 6.45) is 2.14. The fourth-order valence-corrected chi connectivity index (χ4v) is 1.82. The fourth-order valence-electron chi connectivity index (χ4n) is 1.82. The molecule has 0 aliphatic rings. The van der Waals surface area contributed by atoms with E-state index in [1.54, 1.807) is 14.2 Å². The van der Waals surface area contributed by atoms with E-state index < -0.39 is 0 Å². The molecule has 0 saturated heterocycles. The van der Waals surface area contributed by atoms with Gasteiger partial charge in [-0.3, -0.25) is 0 Å². The molecule has 0 amide bonds. The van der Waals surface area contributed by atoms with Gasteiger partial charge in [-0.25, -0.2) is 0 Å². The largest absolute Gasteiger partial charge is 0.497 e. The van der Waals surface area contributed by atoms with Crippen molar-refractivity contribution in [2.75, 3.05) is 27.8 Å². The number of ether oxygens (including phenoxy) is 2. The van der Waals surface area contributed by atoms with Gasteiger partial charge >= 0.3 is 0 Å². The highest BCUT2D eigenvalue weighted by Crippen LogP contribution is 2.29. The molecule has 90 valence electrons. The second-order valence-corrected chi connectivity index (χ2v) is 3.83. The molecule has 1 rings (SSSR count). The van der Waals surface area contributed by atoms with E-state index in [2.05, 4.69) is 18.3 Å². The highest BCUT2D eigenvalue weighted by atomic mass is 16.5. The van der Waals surface area contributed by atoms with Crippen LogP contribution in [0.15, 0.2) is 12.1 Å². The fraction of sp³-hybridized carbons (Fsp3) is 0.538. The number of methoxy groups -OCH3 is 2. The minimum atomic E-state index is 0.853. The van der Waals surface area contributed by atoms with Crippen LogP contribution in [0.25, 0.3) is 0 Å². The van der Waals surface area contributed by atoms with Gasteiger partial charge in [0.25, 0.3) is 0 Å². The van der Waals surface area contributed by atoms with E-state index in [0.29, 0.717) is 0 Å². The van der Waals surface area contributed by atoms with Gasteiger partial charge < -0.3 is 14.8 Å². The van der Waals surface area contributed by atoms with E-state index in [4.69, 9.17) is 9.47 Å². The summed E-state index contributed by atoms with van der Waals surface area (Å²) >= 11 is 0. The lowest BCUT2D eigenvalue weighted by atomic mass is 10.0. The first-order chi connectivity index (χ1) is 7.72. The van der Waals surface area contributed by atoms with Crippen molar-refractivity contribution in [3.63, 3.8) is 0 Å². The summed E-state index contributed by atoms with van der Waals surface area (Å²) in [6, 6.07) is 4.00. The van der Waals surface area contributed by atoms with Gasteiger partial charge in [-0.15, -0.1) is 0 Å². The predicted molar refractivity (Wildman–Crippen MR) is 66.5 cm³/mol. The lowest BCUT2D eigenvalue weighted by Gasteiger charge is -2.13. The van der Waals surface area contributed by atoms with Gasteiger partial charge in [0.15, 0.2) is 0 Å². The highest BCUT2D eigenvalue weighted by Gasteiger charge is 2.08. The molecule has 1 aromatic rings. The van der Waals surface area contributed by atoms with Crippen molar-refractivity contribution in [3.05, 3.63) is 23.3 Å². The average molecular weight is 223 g/mol. The zero-order valence-corrected chi connectivity index (χ0v) is 10.6. The van der Waals surface area contributed by atoms with Gasteiger partial charge in [-0.1, -0.05) is 0 Å². The van der Waals surface area contributed by atoms with Gasteiger partial charge in [-0.2, -0.15) is 0 Å². The number of aryl methyl sites for hydroxylation is 1. The molecule has 1 aromatic carbocycles. The van der Waals surface area contributed by atoms with Crippen LogP contribution < -0.4 is 14.8 Å². The molecule has 3 heteroatoms. The van der Waals surface area contributed by atoms with E-state index in [9.17, 15) is 0 Å². The summed E-state index contributed by atoms with van der Waals surface area (Å²) in [6.45, 7) is 3.12. The van der Waals surface area contributed by atoms with E-state index in [1.165, 1.54) is 11.1 Å². The standard InChI is InChI=1S/C13H21NO2/c1-10-8-11(15-3)9-13(16-4)12(10)6-5-7-14-2/h8-9,14H,5-7H2,1-4H3. The molecule has 0 aliphatic heterocycles. The zero-order chi connectivity index (χ0) is 12.0. The Morgan fingerprint density at radius 1 is 1.19 bits per heavy atom. The second-order valence-electron chi connectivity index (χ2n) is 3.83. The second kappa shape index (κ2) is 6.38. The Kier molecular flexibility index (Phi) is 5.12. The summed E-state index contributed by atoms with van der Waals surface area (Å²) in [5.74, 6) is 1.78. The third kappa shape index (κ3) is 3.14. The first-order valence-corrected chi connectivity index (χ1v) is 5.59. The van der Waals surface area contributed by atoms with Crippen LogP contribution in [0.2, 0.25) is 0 Å². The van der Waals surface area contributed by atoms with Crippen molar-refractivity contribution < 1.29 is 9.47 Å². The maximum Gasteiger partial charge on any atom is 0.126 e. The molecule has 0 fully saturated rings. The van der Waals surface area contributed by atoms with Crippen LogP contribution in [-0.4, -0.2) is 27.8 Å². The molecule has 0 spiro atoms. The lowest BCUT2D eigenvalue weighted by molar-refractivity contribution is 0.390. The Morgan fingerprint density at radius 3 is 2.50 bits per heavy atom. The molecule has 0 heterocycles. The highest BCUT2D eigenvalue weighted by molar-refractivity contribution is 5.46. The lowest BCUT2D eigenvalue weighted by Crippen LogP contribution is -2.09. The minimum Gasteiger partial charge on any atom is -0.497 e. The third-order valence-corrected chi connectivity index (χ3v) is 2.71. The Morgan fingerprint density at radius 2 is 1.94 bits per heavy atom. The van der Waals surface area contributed by atoms with Crippen molar-refractivity contribution in [1.82, 2.24) is 5.32 Å². The topological polar surface area (TPSA) is 30.5 Å². The maximum atomic E-state index is 5.40. The van der Waals surface area contributed by atoms with Gasteiger partial charge in [0.05, 0.1) is 14.2 Å². The Hall–Kier alpha value is -1.22. The van der Waals surface area contributed by atoms with Crippen LogP contribution in [-0.2, 0) is 6.42 Å². The first-order valence-electron chi connectivity index (χ1n) is 5.59. The van der Waals surface area contributed by atoms with Gasteiger partial charge in [0.1, 0.15) is 11.5 Å². The molecule has 1 N–H and O–H groups in total. The molecular weight excluding hydrogens is 202 g/mol. The number of nitrogens with one attached hydrogen (secondary N) is 1. The van der Waals surface area contributed by atoms with Gasteiger partial charge in [-0.05, 0) is 50.6 Å². The van der Waals surface area contributed by atoms with Crippen molar-refractivity contribution in [1.29, 1.82) is 0 Å². The molecule has 0 unspecified atom stereocenters. The molecule has 0 radical (unpaired) electrons. The smallest absolute Gasteiger partial charge is 0.126 e. The Balaban J connectivity index is 2.88. The quantitative estimate of drug-likeness (QED) is 0.750. The van der Waals surface area contributed by atoms with E-state index in [-0.39, 0.29) is 0 Å². The van der Waals surface area contributed by atoms with Crippen LogP contribution in [0.1, 0.15) is 17.5 Å². The summed E-state index contributed by atoms with van der Waals surface area (Å²) in [5.41, 5.74) is 2.51. The molecule has 0 saturated carbocycles. The van der Waals surface area contributed by atoms with E-state index in [0.717, 1.165) is 30.9 Å². The van der Waals surface area contributed by atoms with Crippen molar-refractivity contribution >= 4 is 0 Å². The maximum absolute atomic E-state index is 5.40. The number of hydrogen-bond donors (Lipinski definition) is 1. The summed E-state index contributed by atoms with van der Waals surface area (Å²) < 4.78 is 10.6. The zero-order valence-electron chi connectivity index (χ0n) is 10.6. The summed E-state index contributed by atoms with van der Waals surface area (Å²) in [7, 11) is 5.35. The molecule has 0 aromatic heterocycles. The van der Waals surface area contributed by atoms with Crippen LogP contribution in [0.4, 0.5) is 0 Å². The van der Waals surface area contributed by atoms with Crippen LogP contribution >= 0.6 is 0 Å². The molecule has 3 nitrogen and oxygen atoms in total. The van der Waals surface area contributed by atoms with Crippen LogP contribution in [0.3, 0.4) is 0 Å². The molecule has 0 aliphatic carbocycles. The Bertz CT molecular complexity index is 337. The number of rotatable bonds is 6. The SMILES string of the molecule is CNCCCc1c(C)cc(OC)cc1OC. The summed E-state index contributed by atoms with van der Waals surface area (Å²) in [5, 5.41) is 3.15. The van der Waals surface area contributed by atoms with Crippen molar-refractivity contribution in [2.45, 2.75) is 19.8 Å². The Labute approximate surface area is 97.8 Å². The van der Waals surface area contributed by atoms with Crippen LogP contribution in [0.5, 0.6) is 11.5 Å². The molecular formula is C13H21NO2. The third-order valence-electron chi connectivity index (χ3n) is 2.71. The van der Waals surface area contributed by atoms with Crippen molar-refractivity contribution in [2.24, 2.45) is 0 Å². The van der Waals surface area contributed by atoms with Gasteiger partial charge in [0.2, 0.25) is 0 Å². The normalized spacial score (nSPS) is 10.2. The molecule has 0 atom stereocenters. The van der Waals surface area contributed by atoms with Gasteiger partial charge in [0, 0.05) is 6.07 Å². The predicted octanol–water partition coefficient (Wildman–Crippen LogP) is 2.16. The number of hydrogen-bond acceptors (Lipinski definition) is 3. The first kappa shape index (κ1) is 12.8.